The molecule has 1 N–H and O–H groups in total. The summed E-state index contributed by atoms with van der Waals surface area (Å²) in [5.41, 5.74) is -0.151. The molecular formula is C15H23N5O2. The van der Waals surface area contributed by atoms with Crippen LogP contribution in [0.15, 0.2) is 23.0 Å². The zero-order valence-electron chi connectivity index (χ0n) is 13.5. The Labute approximate surface area is 130 Å². The van der Waals surface area contributed by atoms with E-state index in [1.807, 2.05) is 40.0 Å². The molecular weight excluding hydrogens is 282 g/mol. The minimum atomic E-state index is -0.151. The molecule has 1 amide bonds. The lowest BCUT2D eigenvalue weighted by Gasteiger charge is -2.13. The van der Waals surface area contributed by atoms with Crippen LogP contribution in [0.25, 0.3) is 0 Å². The highest BCUT2D eigenvalue weighted by Gasteiger charge is 2.21. The van der Waals surface area contributed by atoms with Gasteiger partial charge in [0.25, 0.3) is 0 Å². The molecule has 0 saturated heterocycles. The van der Waals surface area contributed by atoms with Crippen molar-refractivity contribution in [3.8, 4) is 0 Å². The molecule has 1 atom stereocenters. The van der Waals surface area contributed by atoms with Crippen LogP contribution in [-0.2, 0) is 23.2 Å². The van der Waals surface area contributed by atoms with E-state index < -0.39 is 0 Å². The summed E-state index contributed by atoms with van der Waals surface area (Å²) in [4.78, 5) is 16.2. The quantitative estimate of drug-likeness (QED) is 0.878. The second kappa shape index (κ2) is 6.72. The molecule has 0 aliphatic carbocycles. The number of amides is 1. The zero-order chi connectivity index (χ0) is 16.2. The van der Waals surface area contributed by atoms with Gasteiger partial charge in [0, 0.05) is 36.7 Å². The van der Waals surface area contributed by atoms with Crippen LogP contribution in [0.1, 0.15) is 45.8 Å². The summed E-state index contributed by atoms with van der Waals surface area (Å²) in [6.45, 7) is 8.65. The van der Waals surface area contributed by atoms with Crippen LogP contribution in [0.4, 0.5) is 0 Å². The first-order valence-electron chi connectivity index (χ1n) is 7.44. The van der Waals surface area contributed by atoms with Gasteiger partial charge in [-0.25, -0.2) is 0 Å². The number of hydrogen-bond acceptors (Lipinski definition) is 5. The smallest absolute Gasteiger partial charge is 0.227 e. The van der Waals surface area contributed by atoms with Gasteiger partial charge in [0.05, 0.1) is 6.54 Å². The van der Waals surface area contributed by atoms with E-state index in [-0.39, 0.29) is 17.4 Å². The van der Waals surface area contributed by atoms with Crippen LogP contribution in [0.2, 0.25) is 0 Å². The highest BCUT2D eigenvalue weighted by atomic mass is 16.5. The average molecular weight is 305 g/mol. The Hall–Kier alpha value is -2.18. The molecule has 22 heavy (non-hydrogen) atoms. The number of rotatable bonds is 6. The van der Waals surface area contributed by atoms with Gasteiger partial charge in [-0.3, -0.25) is 9.48 Å². The van der Waals surface area contributed by atoms with Crippen LogP contribution in [0.3, 0.4) is 0 Å². The third kappa shape index (κ3) is 4.68. The van der Waals surface area contributed by atoms with Crippen molar-refractivity contribution in [2.24, 2.45) is 0 Å². The molecule has 0 radical (unpaired) electrons. The molecule has 0 aliphatic rings. The fraction of sp³-hybridized carbons (Fsp3) is 0.600. The molecule has 2 aromatic heterocycles. The Balaban J connectivity index is 1.76. The third-order valence-corrected chi connectivity index (χ3v) is 3.13. The number of carbonyl (C=O) groups excluding carboxylic acids is 1. The van der Waals surface area contributed by atoms with Gasteiger partial charge in [0.15, 0.2) is 5.82 Å². The molecule has 0 aromatic carbocycles. The predicted molar refractivity (Wildman–Crippen MR) is 81.2 cm³/mol. The Morgan fingerprint density at radius 1 is 1.45 bits per heavy atom. The van der Waals surface area contributed by atoms with E-state index in [0.29, 0.717) is 31.1 Å². The van der Waals surface area contributed by atoms with Crippen LogP contribution in [0.5, 0.6) is 0 Å². The number of nitrogens with zero attached hydrogens (tertiary/aromatic N) is 4. The fourth-order valence-corrected chi connectivity index (χ4v) is 1.96. The van der Waals surface area contributed by atoms with Crippen molar-refractivity contribution in [2.45, 2.75) is 58.5 Å². The summed E-state index contributed by atoms with van der Waals surface area (Å²) in [5.74, 6) is 1.13. The second-order valence-electron chi connectivity index (χ2n) is 6.46. The van der Waals surface area contributed by atoms with Crippen LogP contribution >= 0.6 is 0 Å². The van der Waals surface area contributed by atoms with Gasteiger partial charge in [-0.15, -0.1) is 0 Å². The van der Waals surface area contributed by atoms with E-state index in [4.69, 9.17) is 4.52 Å². The van der Waals surface area contributed by atoms with E-state index in [9.17, 15) is 4.79 Å². The molecule has 0 saturated carbocycles. The van der Waals surface area contributed by atoms with Crippen molar-refractivity contribution in [3.63, 3.8) is 0 Å². The summed E-state index contributed by atoms with van der Waals surface area (Å²) in [6, 6.07) is 1.87. The molecule has 2 heterocycles. The Bertz CT molecular complexity index is 598. The van der Waals surface area contributed by atoms with Gasteiger partial charge in [-0.05, 0) is 13.0 Å². The van der Waals surface area contributed by atoms with E-state index in [0.717, 1.165) is 0 Å². The topological polar surface area (TPSA) is 85.8 Å². The van der Waals surface area contributed by atoms with Crippen LogP contribution < -0.4 is 5.32 Å². The maximum absolute atomic E-state index is 11.9. The van der Waals surface area contributed by atoms with Gasteiger partial charge >= 0.3 is 0 Å². The maximum Gasteiger partial charge on any atom is 0.227 e. The third-order valence-electron chi connectivity index (χ3n) is 3.13. The summed E-state index contributed by atoms with van der Waals surface area (Å²) in [5, 5.41) is 11.0. The van der Waals surface area contributed by atoms with Gasteiger partial charge in [-0.2, -0.15) is 10.1 Å². The number of aryl methyl sites for hydroxylation is 1. The van der Waals surface area contributed by atoms with E-state index in [1.54, 1.807) is 10.9 Å². The lowest BCUT2D eigenvalue weighted by molar-refractivity contribution is -0.121. The van der Waals surface area contributed by atoms with Crippen molar-refractivity contribution in [3.05, 3.63) is 30.2 Å². The van der Waals surface area contributed by atoms with Gasteiger partial charge in [0.2, 0.25) is 11.8 Å². The lowest BCUT2D eigenvalue weighted by atomic mass is 9.96. The monoisotopic (exact) mass is 305 g/mol. The molecule has 0 bridgehead atoms. The first-order chi connectivity index (χ1) is 10.3. The molecule has 7 heteroatoms. The maximum atomic E-state index is 11.9. The summed E-state index contributed by atoms with van der Waals surface area (Å²) in [7, 11) is 0. The van der Waals surface area contributed by atoms with E-state index in [1.165, 1.54) is 0 Å². The minimum Gasteiger partial charge on any atom is -0.352 e. The largest absolute Gasteiger partial charge is 0.352 e. The standard InChI is InChI=1S/C15H23N5O2/c1-11(10-20-9-5-8-16-20)17-12(21)6-7-13-18-14(19-22-13)15(2,3)4/h5,8-9,11H,6-7,10H2,1-4H3,(H,17,21)/t11-/m0/s1. The summed E-state index contributed by atoms with van der Waals surface area (Å²) in [6.07, 6.45) is 4.37. The van der Waals surface area contributed by atoms with Crippen molar-refractivity contribution < 1.29 is 9.32 Å². The highest BCUT2D eigenvalue weighted by molar-refractivity contribution is 5.76. The lowest BCUT2D eigenvalue weighted by Crippen LogP contribution is -2.35. The van der Waals surface area contributed by atoms with Crippen LogP contribution in [0, 0.1) is 0 Å². The molecule has 0 spiro atoms. The molecule has 2 rings (SSSR count). The van der Waals surface area contributed by atoms with Crippen molar-refractivity contribution in [1.29, 1.82) is 0 Å². The first-order valence-corrected chi connectivity index (χ1v) is 7.44. The van der Waals surface area contributed by atoms with Gasteiger partial charge < -0.3 is 9.84 Å². The minimum absolute atomic E-state index is 0.0141. The van der Waals surface area contributed by atoms with Crippen molar-refractivity contribution in [1.82, 2.24) is 25.2 Å². The van der Waals surface area contributed by atoms with Crippen molar-refractivity contribution in [2.75, 3.05) is 0 Å². The van der Waals surface area contributed by atoms with Gasteiger partial charge in [0.1, 0.15) is 0 Å². The Morgan fingerprint density at radius 2 is 2.23 bits per heavy atom. The number of carbonyl (C=O) groups is 1. The average Bonchev–Trinajstić information content (AvgIpc) is 3.05. The second-order valence-corrected chi connectivity index (χ2v) is 6.46. The summed E-state index contributed by atoms with van der Waals surface area (Å²) < 4.78 is 6.97. The Kier molecular flexibility index (Phi) is 4.95. The van der Waals surface area contributed by atoms with Crippen molar-refractivity contribution >= 4 is 5.91 Å². The normalized spacial score (nSPS) is 13.1. The van der Waals surface area contributed by atoms with E-state index >= 15 is 0 Å². The molecule has 0 aliphatic heterocycles. The highest BCUT2D eigenvalue weighted by Crippen LogP contribution is 2.18. The molecule has 120 valence electrons. The number of aromatic nitrogens is 4. The van der Waals surface area contributed by atoms with Gasteiger partial charge in [-0.1, -0.05) is 25.9 Å². The Morgan fingerprint density at radius 3 is 2.82 bits per heavy atom. The molecule has 0 fully saturated rings. The molecule has 2 aromatic rings. The zero-order valence-corrected chi connectivity index (χ0v) is 13.5. The molecule has 0 unspecified atom stereocenters. The molecule has 7 nitrogen and oxygen atoms in total. The first kappa shape index (κ1) is 16.2. The summed E-state index contributed by atoms with van der Waals surface area (Å²) >= 11 is 0. The SMILES string of the molecule is C[C@@H](Cn1cccn1)NC(=O)CCc1nc(C(C)(C)C)no1. The van der Waals surface area contributed by atoms with E-state index in [2.05, 4.69) is 20.6 Å². The predicted octanol–water partition coefficient (Wildman–Crippen LogP) is 1.70. The number of nitrogens with one attached hydrogen (secondary N) is 1. The number of hydrogen-bond donors (Lipinski definition) is 1. The fourth-order valence-electron chi connectivity index (χ4n) is 1.96. The van der Waals surface area contributed by atoms with Crippen LogP contribution in [-0.4, -0.2) is 31.9 Å².